The van der Waals surface area contributed by atoms with Crippen molar-refractivity contribution in [2.45, 2.75) is 6.04 Å². The van der Waals surface area contributed by atoms with Gasteiger partial charge in [0.2, 0.25) is 0 Å². The molecule has 0 aliphatic carbocycles. The number of carboxylic acid groups (broad SMARTS) is 1. The van der Waals surface area contributed by atoms with E-state index in [1.54, 1.807) is 18.5 Å². The smallest absolute Gasteiger partial charge is 0.325 e. The molecule has 1 aromatic rings. The molecule has 1 fully saturated rings. The van der Waals surface area contributed by atoms with Crippen LogP contribution in [0.5, 0.6) is 0 Å². The molecule has 86 valence electrons. The average Bonchev–Trinajstić information content (AvgIpc) is 2.31. The third-order valence-corrected chi connectivity index (χ3v) is 2.75. The van der Waals surface area contributed by atoms with E-state index >= 15 is 0 Å². The lowest BCUT2D eigenvalue weighted by Crippen LogP contribution is -2.47. The maximum absolute atomic E-state index is 11.3. The Hall–Kier alpha value is -1.46. The highest BCUT2D eigenvalue weighted by Gasteiger charge is 2.28. The Morgan fingerprint density at radius 3 is 2.81 bits per heavy atom. The lowest BCUT2D eigenvalue weighted by atomic mass is 10.1. The van der Waals surface area contributed by atoms with Gasteiger partial charge in [0.1, 0.15) is 6.04 Å². The number of hydrogen-bond acceptors (Lipinski definition) is 4. The van der Waals surface area contributed by atoms with Crippen molar-refractivity contribution in [2.75, 3.05) is 26.2 Å². The van der Waals surface area contributed by atoms with E-state index in [2.05, 4.69) is 10.3 Å². The van der Waals surface area contributed by atoms with Gasteiger partial charge in [0.25, 0.3) is 0 Å². The Balaban J connectivity index is 2.20. The molecule has 0 aromatic carbocycles. The Bertz CT molecular complexity index is 350. The first-order chi connectivity index (χ1) is 7.79. The molecule has 5 nitrogen and oxygen atoms in total. The van der Waals surface area contributed by atoms with E-state index in [1.807, 2.05) is 11.0 Å². The molecule has 1 aromatic heterocycles. The van der Waals surface area contributed by atoms with Crippen molar-refractivity contribution in [1.82, 2.24) is 15.2 Å². The number of hydrogen-bond donors (Lipinski definition) is 2. The van der Waals surface area contributed by atoms with Crippen LogP contribution in [-0.4, -0.2) is 47.1 Å². The number of aliphatic carboxylic acids is 1. The number of aromatic nitrogens is 1. The maximum atomic E-state index is 11.3. The second-order valence-corrected chi connectivity index (χ2v) is 3.81. The maximum Gasteiger partial charge on any atom is 0.325 e. The summed E-state index contributed by atoms with van der Waals surface area (Å²) in [7, 11) is 0. The summed E-state index contributed by atoms with van der Waals surface area (Å²) in [6.45, 7) is 3.19. The molecule has 2 heterocycles. The molecule has 0 spiro atoms. The largest absolute Gasteiger partial charge is 0.480 e. The molecule has 1 aliphatic heterocycles. The van der Waals surface area contributed by atoms with E-state index < -0.39 is 12.0 Å². The Morgan fingerprint density at radius 2 is 2.25 bits per heavy atom. The minimum absolute atomic E-state index is 0.573. The molecule has 2 rings (SSSR count). The predicted octanol–water partition coefficient (Wildman–Crippen LogP) is 0.113. The van der Waals surface area contributed by atoms with E-state index in [1.165, 1.54) is 0 Å². The highest BCUT2D eigenvalue weighted by molar-refractivity contribution is 5.75. The van der Waals surface area contributed by atoms with Gasteiger partial charge in [0, 0.05) is 38.6 Å². The molecule has 1 aliphatic rings. The van der Waals surface area contributed by atoms with Gasteiger partial charge < -0.3 is 10.4 Å². The summed E-state index contributed by atoms with van der Waals surface area (Å²) >= 11 is 0. The molecule has 0 saturated carbocycles. The molecule has 0 amide bonds. The van der Waals surface area contributed by atoms with Crippen LogP contribution in [0.25, 0.3) is 0 Å². The van der Waals surface area contributed by atoms with Crippen molar-refractivity contribution in [1.29, 1.82) is 0 Å². The quantitative estimate of drug-likeness (QED) is 0.758. The van der Waals surface area contributed by atoms with E-state index in [4.69, 9.17) is 0 Å². The summed E-state index contributed by atoms with van der Waals surface area (Å²) in [5.74, 6) is -0.810. The summed E-state index contributed by atoms with van der Waals surface area (Å²) in [6, 6.07) is 3.01. The van der Waals surface area contributed by atoms with Crippen LogP contribution in [-0.2, 0) is 4.79 Å². The normalized spacial score (nSPS) is 19.2. The van der Waals surface area contributed by atoms with Crippen LogP contribution in [0, 0.1) is 0 Å². The predicted molar refractivity (Wildman–Crippen MR) is 59.1 cm³/mol. The molecule has 0 bridgehead atoms. The Labute approximate surface area is 94.1 Å². The van der Waals surface area contributed by atoms with E-state index in [0.29, 0.717) is 0 Å². The fraction of sp³-hybridized carbons (Fsp3) is 0.455. The molecule has 1 saturated heterocycles. The van der Waals surface area contributed by atoms with Gasteiger partial charge in [-0.1, -0.05) is 6.07 Å². The van der Waals surface area contributed by atoms with Crippen LogP contribution in [0.3, 0.4) is 0 Å². The lowest BCUT2D eigenvalue weighted by Gasteiger charge is -2.32. The minimum atomic E-state index is -0.810. The van der Waals surface area contributed by atoms with Gasteiger partial charge in [-0.3, -0.25) is 14.7 Å². The standard InChI is InChI=1S/C11H15N3O2/c15-11(16)10(9-2-1-3-13-8-9)14-6-4-12-5-7-14/h1-3,8,10,12H,4-7H2,(H,15,16)/t10-/m1/s1. The Kier molecular flexibility index (Phi) is 3.48. The number of pyridine rings is 1. The SMILES string of the molecule is O=C(O)[C@@H](c1cccnc1)N1CCNCC1. The van der Waals surface area contributed by atoms with Crippen molar-refractivity contribution in [3.8, 4) is 0 Å². The average molecular weight is 221 g/mol. The third-order valence-electron chi connectivity index (χ3n) is 2.75. The number of nitrogens with zero attached hydrogens (tertiary/aromatic N) is 2. The second-order valence-electron chi connectivity index (χ2n) is 3.81. The van der Waals surface area contributed by atoms with E-state index in [-0.39, 0.29) is 0 Å². The summed E-state index contributed by atoms with van der Waals surface area (Å²) in [4.78, 5) is 17.3. The second kappa shape index (κ2) is 5.05. The summed E-state index contributed by atoms with van der Waals surface area (Å²) in [5, 5.41) is 12.5. The lowest BCUT2D eigenvalue weighted by molar-refractivity contribution is -0.143. The molecule has 5 heteroatoms. The molecule has 0 radical (unpaired) electrons. The van der Waals surface area contributed by atoms with Crippen molar-refractivity contribution in [3.63, 3.8) is 0 Å². The number of nitrogens with one attached hydrogen (secondary N) is 1. The van der Waals surface area contributed by atoms with E-state index in [0.717, 1.165) is 31.7 Å². The van der Waals surface area contributed by atoms with Crippen molar-refractivity contribution in [2.24, 2.45) is 0 Å². The zero-order valence-electron chi connectivity index (χ0n) is 8.97. The summed E-state index contributed by atoms with van der Waals surface area (Å²) < 4.78 is 0. The van der Waals surface area contributed by atoms with Gasteiger partial charge in [-0.15, -0.1) is 0 Å². The van der Waals surface area contributed by atoms with Gasteiger partial charge in [-0.05, 0) is 11.6 Å². The number of piperazine rings is 1. The first-order valence-electron chi connectivity index (χ1n) is 5.36. The summed E-state index contributed by atoms with van der Waals surface area (Å²) in [6.07, 6.45) is 3.28. The van der Waals surface area contributed by atoms with Gasteiger partial charge in [0.15, 0.2) is 0 Å². The van der Waals surface area contributed by atoms with Crippen molar-refractivity contribution < 1.29 is 9.90 Å². The first-order valence-corrected chi connectivity index (χ1v) is 5.36. The van der Waals surface area contributed by atoms with Gasteiger partial charge in [0.05, 0.1) is 0 Å². The van der Waals surface area contributed by atoms with Crippen LogP contribution in [0.2, 0.25) is 0 Å². The molecular weight excluding hydrogens is 206 g/mol. The van der Waals surface area contributed by atoms with Gasteiger partial charge in [-0.2, -0.15) is 0 Å². The molecule has 16 heavy (non-hydrogen) atoms. The fourth-order valence-corrected chi connectivity index (χ4v) is 1.99. The van der Waals surface area contributed by atoms with Crippen LogP contribution >= 0.6 is 0 Å². The van der Waals surface area contributed by atoms with E-state index in [9.17, 15) is 9.90 Å². The number of rotatable bonds is 3. The number of carbonyl (C=O) groups is 1. The number of carboxylic acids is 1. The fourth-order valence-electron chi connectivity index (χ4n) is 1.99. The molecule has 2 N–H and O–H groups in total. The van der Waals surface area contributed by atoms with Gasteiger partial charge in [-0.25, -0.2) is 0 Å². The topological polar surface area (TPSA) is 65.5 Å². The minimum Gasteiger partial charge on any atom is -0.480 e. The third kappa shape index (κ3) is 2.37. The highest BCUT2D eigenvalue weighted by Crippen LogP contribution is 2.20. The highest BCUT2D eigenvalue weighted by atomic mass is 16.4. The zero-order valence-corrected chi connectivity index (χ0v) is 8.97. The monoisotopic (exact) mass is 221 g/mol. The van der Waals surface area contributed by atoms with Crippen LogP contribution in [0.4, 0.5) is 0 Å². The Morgan fingerprint density at radius 1 is 1.50 bits per heavy atom. The van der Waals surface area contributed by atoms with Gasteiger partial charge >= 0.3 is 5.97 Å². The van der Waals surface area contributed by atoms with Crippen molar-refractivity contribution >= 4 is 5.97 Å². The summed E-state index contributed by atoms with van der Waals surface area (Å²) in [5.41, 5.74) is 0.747. The van der Waals surface area contributed by atoms with Crippen molar-refractivity contribution in [3.05, 3.63) is 30.1 Å². The van der Waals surface area contributed by atoms with Crippen LogP contribution < -0.4 is 5.32 Å². The zero-order chi connectivity index (χ0) is 11.4. The van der Waals surface area contributed by atoms with Crippen LogP contribution in [0.15, 0.2) is 24.5 Å². The molecule has 1 atom stereocenters. The van der Waals surface area contributed by atoms with Crippen LogP contribution in [0.1, 0.15) is 11.6 Å². The molecular formula is C11H15N3O2. The first kappa shape index (κ1) is 11.0. The molecule has 0 unspecified atom stereocenters.